The third-order valence-electron chi connectivity index (χ3n) is 4.60. The van der Waals surface area contributed by atoms with Gasteiger partial charge in [0.05, 0.1) is 16.6 Å². The number of H-pyrrole nitrogens is 1. The molecular weight excluding hydrogens is 352 g/mol. The van der Waals surface area contributed by atoms with Gasteiger partial charge in [-0.05, 0) is 32.4 Å². The monoisotopic (exact) mass is 374 g/mol. The molecule has 0 radical (unpaired) electrons. The first-order valence-corrected chi connectivity index (χ1v) is 9.10. The van der Waals surface area contributed by atoms with Gasteiger partial charge in [0, 0.05) is 18.2 Å². The number of hydrogen-bond acceptors (Lipinski definition) is 5. The van der Waals surface area contributed by atoms with Gasteiger partial charge >= 0.3 is 0 Å². The van der Waals surface area contributed by atoms with Crippen LogP contribution in [0.2, 0.25) is 0 Å². The Morgan fingerprint density at radius 2 is 1.93 bits per heavy atom. The van der Waals surface area contributed by atoms with Crippen molar-refractivity contribution in [3.63, 3.8) is 0 Å². The van der Waals surface area contributed by atoms with Crippen molar-refractivity contribution in [2.45, 2.75) is 32.7 Å². The fourth-order valence-corrected chi connectivity index (χ4v) is 3.21. The van der Waals surface area contributed by atoms with E-state index in [4.69, 9.17) is 10.8 Å². The molecule has 0 fully saturated rings. The van der Waals surface area contributed by atoms with E-state index in [1.807, 2.05) is 61.9 Å². The summed E-state index contributed by atoms with van der Waals surface area (Å²) in [4.78, 5) is 24.3. The lowest BCUT2D eigenvalue weighted by Gasteiger charge is -2.19. The van der Waals surface area contributed by atoms with Crippen molar-refractivity contribution in [2.75, 3.05) is 5.73 Å². The molecule has 3 aromatic heterocycles. The number of hydrogen-bond donors (Lipinski definition) is 2. The molecule has 7 nitrogen and oxygen atoms in total. The highest BCUT2D eigenvalue weighted by atomic mass is 16.1. The van der Waals surface area contributed by atoms with Crippen LogP contribution in [0.25, 0.3) is 22.4 Å². The lowest BCUT2D eigenvalue weighted by Crippen LogP contribution is -2.23. The number of benzene rings is 1. The number of carbonyl (C=O) groups is 1. The van der Waals surface area contributed by atoms with Crippen molar-refractivity contribution in [3.8, 4) is 11.4 Å². The van der Waals surface area contributed by atoms with E-state index in [1.54, 1.807) is 6.20 Å². The molecular formula is C21H22N6O. The molecule has 4 aromatic rings. The number of Topliss-reactive ketones (excluding diaryl/α,β-unsaturated/α-hetero) is 1. The molecule has 0 aliphatic heterocycles. The smallest absolute Gasteiger partial charge is 0.168 e. The number of fused-ring (bicyclic) bond motifs is 1. The number of nitrogens with two attached hydrogens (primary N) is 1. The standard InChI is InChI=1S/C21H22N6O/c1-21(2,3)27-20-17(19(22)24-12-25-20)18(26-27)15-10-14(11-23-15)16(28)9-13-7-5-4-6-8-13/h4-8,10-12,23H,9H2,1-3H3,(H2,22,24,25). The van der Waals surface area contributed by atoms with Crippen LogP contribution < -0.4 is 5.73 Å². The van der Waals surface area contributed by atoms with Crippen molar-refractivity contribution >= 4 is 22.6 Å². The molecule has 0 unspecified atom stereocenters. The molecule has 1 aromatic carbocycles. The van der Waals surface area contributed by atoms with Gasteiger partial charge < -0.3 is 10.7 Å². The summed E-state index contributed by atoms with van der Waals surface area (Å²) in [5.74, 6) is 0.403. The number of aromatic nitrogens is 5. The van der Waals surface area contributed by atoms with Crippen molar-refractivity contribution in [2.24, 2.45) is 0 Å². The first-order valence-electron chi connectivity index (χ1n) is 9.10. The Labute approximate surface area is 162 Å². The quantitative estimate of drug-likeness (QED) is 0.532. The van der Waals surface area contributed by atoms with Gasteiger partial charge in [0.2, 0.25) is 0 Å². The summed E-state index contributed by atoms with van der Waals surface area (Å²) in [6.07, 6.45) is 3.50. The molecule has 28 heavy (non-hydrogen) atoms. The van der Waals surface area contributed by atoms with Gasteiger partial charge in [-0.15, -0.1) is 0 Å². The Hall–Kier alpha value is -3.48. The van der Waals surface area contributed by atoms with Gasteiger partial charge in [-0.3, -0.25) is 4.79 Å². The van der Waals surface area contributed by atoms with Crippen LogP contribution in [0, 0.1) is 0 Å². The van der Waals surface area contributed by atoms with Crippen molar-refractivity contribution in [1.29, 1.82) is 0 Å². The van der Waals surface area contributed by atoms with Gasteiger partial charge in [-0.1, -0.05) is 30.3 Å². The summed E-state index contributed by atoms with van der Waals surface area (Å²) in [6, 6.07) is 11.5. The Balaban J connectivity index is 1.75. The highest BCUT2D eigenvalue weighted by molar-refractivity contribution is 6.01. The average molecular weight is 374 g/mol. The topological polar surface area (TPSA) is 102 Å². The Bertz CT molecular complexity index is 1150. The largest absolute Gasteiger partial charge is 0.383 e. The van der Waals surface area contributed by atoms with Crippen LogP contribution in [0.5, 0.6) is 0 Å². The zero-order chi connectivity index (χ0) is 19.9. The zero-order valence-electron chi connectivity index (χ0n) is 16.1. The van der Waals surface area contributed by atoms with E-state index in [2.05, 4.69) is 15.0 Å². The highest BCUT2D eigenvalue weighted by Crippen LogP contribution is 2.32. The number of nitrogen functional groups attached to an aromatic ring is 1. The van der Waals surface area contributed by atoms with Gasteiger partial charge in [0.25, 0.3) is 0 Å². The van der Waals surface area contributed by atoms with Gasteiger partial charge in [0.1, 0.15) is 17.8 Å². The lowest BCUT2D eigenvalue weighted by molar-refractivity contribution is 0.0993. The number of rotatable bonds is 4. The third-order valence-corrected chi connectivity index (χ3v) is 4.60. The summed E-state index contributed by atoms with van der Waals surface area (Å²) in [6.45, 7) is 6.14. The fourth-order valence-electron chi connectivity index (χ4n) is 3.21. The summed E-state index contributed by atoms with van der Waals surface area (Å²) < 4.78 is 1.84. The van der Waals surface area contributed by atoms with Crippen molar-refractivity contribution in [1.82, 2.24) is 24.7 Å². The summed E-state index contributed by atoms with van der Waals surface area (Å²) in [5.41, 5.74) is 9.46. The fraction of sp³-hybridized carbons (Fsp3) is 0.238. The second-order valence-corrected chi connectivity index (χ2v) is 7.78. The molecule has 0 bridgehead atoms. The molecule has 0 saturated carbocycles. The molecule has 0 saturated heterocycles. The third kappa shape index (κ3) is 3.15. The van der Waals surface area contributed by atoms with Crippen LogP contribution in [0.4, 0.5) is 5.82 Å². The molecule has 0 aliphatic rings. The van der Waals surface area contributed by atoms with Gasteiger partial charge in [0.15, 0.2) is 11.4 Å². The predicted octanol–water partition coefficient (Wildman–Crippen LogP) is 3.58. The minimum atomic E-state index is -0.282. The van der Waals surface area contributed by atoms with Gasteiger partial charge in [-0.25, -0.2) is 14.6 Å². The maximum absolute atomic E-state index is 12.7. The number of nitrogens with zero attached hydrogens (tertiary/aromatic N) is 4. The summed E-state index contributed by atoms with van der Waals surface area (Å²) in [7, 11) is 0. The van der Waals surface area contributed by atoms with E-state index in [-0.39, 0.29) is 11.3 Å². The minimum Gasteiger partial charge on any atom is -0.383 e. The SMILES string of the molecule is CC(C)(C)n1nc(-c2cc(C(=O)Cc3ccccc3)c[nH]2)c2c(N)ncnc21. The predicted molar refractivity (Wildman–Crippen MR) is 109 cm³/mol. The minimum absolute atomic E-state index is 0.0393. The summed E-state index contributed by atoms with van der Waals surface area (Å²) in [5, 5.41) is 5.42. The van der Waals surface area contributed by atoms with Crippen LogP contribution >= 0.6 is 0 Å². The Morgan fingerprint density at radius 1 is 1.18 bits per heavy atom. The van der Waals surface area contributed by atoms with E-state index in [1.165, 1.54) is 6.33 Å². The molecule has 142 valence electrons. The van der Waals surface area contributed by atoms with Gasteiger partial charge in [-0.2, -0.15) is 5.10 Å². The number of carbonyl (C=O) groups excluding carboxylic acids is 1. The number of aromatic amines is 1. The first kappa shape index (κ1) is 17.9. The Kier molecular flexibility index (Phi) is 4.22. The number of ketones is 1. The van der Waals surface area contributed by atoms with E-state index >= 15 is 0 Å². The van der Waals surface area contributed by atoms with Crippen molar-refractivity contribution in [3.05, 3.63) is 60.0 Å². The second kappa shape index (κ2) is 6.60. The Morgan fingerprint density at radius 3 is 2.64 bits per heavy atom. The second-order valence-electron chi connectivity index (χ2n) is 7.78. The van der Waals surface area contributed by atoms with E-state index in [0.29, 0.717) is 40.2 Å². The molecule has 3 heterocycles. The summed E-state index contributed by atoms with van der Waals surface area (Å²) >= 11 is 0. The van der Waals surface area contributed by atoms with Crippen LogP contribution in [0.15, 0.2) is 48.9 Å². The van der Waals surface area contributed by atoms with E-state index in [9.17, 15) is 4.79 Å². The van der Waals surface area contributed by atoms with Crippen LogP contribution in [-0.4, -0.2) is 30.5 Å². The molecule has 7 heteroatoms. The molecule has 3 N–H and O–H groups in total. The van der Waals surface area contributed by atoms with Crippen LogP contribution in [-0.2, 0) is 12.0 Å². The maximum atomic E-state index is 12.7. The van der Waals surface area contributed by atoms with E-state index < -0.39 is 0 Å². The lowest BCUT2D eigenvalue weighted by atomic mass is 10.0. The maximum Gasteiger partial charge on any atom is 0.168 e. The molecule has 4 rings (SSSR count). The number of nitrogens with one attached hydrogen (secondary N) is 1. The first-order chi connectivity index (χ1) is 13.3. The highest BCUT2D eigenvalue weighted by Gasteiger charge is 2.24. The average Bonchev–Trinajstić information content (AvgIpc) is 3.27. The molecule has 0 atom stereocenters. The zero-order valence-corrected chi connectivity index (χ0v) is 16.1. The van der Waals surface area contributed by atoms with E-state index in [0.717, 1.165) is 5.56 Å². The van der Waals surface area contributed by atoms with Crippen LogP contribution in [0.1, 0.15) is 36.7 Å². The molecule has 0 aliphatic carbocycles. The van der Waals surface area contributed by atoms with Crippen LogP contribution in [0.3, 0.4) is 0 Å². The number of anilines is 1. The molecule has 0 spiro atoms. The normalized spacial score (nSPS) is 11.8. The molecule has 0 amide bonds. The van der Waals surface area contributed by atoms with Crippen molar-refractivity contribution < 1.29 is 4.79 Å².